The van der Waals surface area contributed by atoms with Gasteiger partial charge in [-0.2, -0.15) is 16.4 Å². The van der Waals surface area contributed by atoms with Crippen molar-refractivity contribution < 1.29 is 9.59 Å². The highest BCUT2D eigenvalue weighted by Crippen LogP contribution is 2.48. The van der Waals surface area contributed by atoms with Crippen LogP contribution in [0.15, 0.2) is 71.6 Å². The van der Waals surface area contributed by atoms with Crippen LogP contribution in [-0.4, -0.2) is 30.8 Å². The monoisotopic (exact) mass is 509 g/mol. The molecular formula is C24H20ClN5O2S2. The summed E-state index contributed by atoms with van der Waals surface area (Å²) in [7, 11) is 1.82. The maximum Gasteiger partial charge on any atom is 0.248 e. The highest BCUT2D eigenvalue weighted by molar-refractivity contribution is 7.78. The van der Waals surface area contributed by atoms with Gasteiger partial charge in [-0.05, 0) is 46.2 Å². The summed E-state index contributed by atoms with van der Waals surface area (Å²) in [6.07, 6.45) is 1.69. The van der Waals surface area contributed by atoms with Crippen LogP contribution in [0.3, 0.4) is 0 Å². The molecule has 4 heterocycles. The van der Waals surface area contributed by atoms with Crippen LogP contribution in [-0.2, 0) is 22.2 Å². The molecule has 1 aliphatic heterocycles. The molecule has 3 aromatic heterocycles. The smallest absolute Gasteiger partial charge is 0.248 e. The van der Waals surface area contributed by atoms with E-state index in [1.165, 1.54) is 15.6 Å². The van der Waals surface area contributed by atoms with E-state index in [1.807, 2.05) is 48.1 Å². The first-order valence-electron chi connectivity index (χ1n) is 10.5. The maximum atomic E-state index is 13.7. The number of carbonyl (C=O) groups is 2. The van der Waals surface area contributed by atoms with E-state index in [4.69, 9.17) is 16.6 Å². The van der Waals surface area contributed by atoms with Crippen LogP contribution in [0.4, 0.5) is 11.6 Å². The van der Waals surface area contributed by atoms with Crippen molar-refractivity contribution in [1.82, 2.24) is 19.1 Å². The Morgan fingerprint density at radius 3 is 2.68 bits per heavy atom. The zero-order valence-corrected chi connectivity index (χ0v) is 20.5. The number of aromatic nitrogens is 3. The van der Waals surface area contributed by atoms with Crippen LogP contribution in [0.1, 0.15) is 29.2 Å². The molecule has 1 aromatic carbocycles. The number of anilines is 2. The third kappa shape index (κ3) is 3.70. The summed E-state index contributed by atoms with van der Waals surface area (Å²) in [6, 6.07) is 16.1. The van der Waals surface area contributed by atoms with E-state index < -0.39 is 17.4 Å². The number of pyridine rings is 1. The van der Waals surface area contributed by atoms with E-state index in [9.17, 15) is 9.59 Å². The van der Waals surface area contributed by atoms with Crippen LogP contribution in [0.25, 0.3) is 0 Å². The van der Waals surface area contributed by atoms with Crippen molar-refractivity contribution in [2.75, 3.05) is 5.32 Å². The molecule has 34 heavy (non-hydrogen) atoms. The molecule has 2 atom stereocenters. The number of hydrogen-bond acceptors (Lipinski definition) is 7. The lowest BCUT2D eigenvalue weighted by Crippen LogP contribution is -2.54. The SMILES string of the molecule is Cn1nccc1Nc1cccc(C2(c3ccsc3)CC(=O)C(c3ccccc3Cl)C(=O)N2S)n1. The minimum atomic E-state index is -1.17. The first-order valence-corrected chi connectivity index (χ1v) is 12.2. The lowest BCUT2D eigenvalue weighted by Gasteiger charge is -2.45. The second-order valence-electron chi connectivity index (χ2n) is 7.99. The molecule has 172 valence electrons. The quantitative estimate of drug-likeness (QED) is 0.294. The zero-order chi connectivity index (χ0) is 23.9. The van der Waals surface area contributed by atoms with Gasteiger partial charge in [0.2, 0.25) is 5.91 Å². The molecule has 1 amide bonds. The number of halogens is 1. The van der Waals surface area contributed by atoms with Crippen molar-refractivity contribution in [1.29, 1.82) is 0 Å². The predicted octanol–water partition coefficient (Wildman–Crippen LogP) is 4.95. The Labute approximate surface area is 210 Å². The number of aryl methyl sites for hydroxylation is 1. The number of Topliss-reactive ketones (excluding diaryl/α,β-unsaturated/α-hetero) is 1. The highest BCUT2D eigenvalue weighted by Gasteiger charge is 2.53. The van der Waals surface area contributed by atoms with Crippen LogP contribution >= 0.6 is 35.8 Å². The lowest BCUT2D eigenvalue weighted by atomic mass is 9.75. The van der Waals surface area contributed by atoms with Crippen molar-refractivity contribution in [2.45, 2.75) is 17.9 Å². The van der Waals surface area contributed by atoms with Gasteiger partial charge in [-0.25, -0.2) is 4.98 Å². The Hall–Kier alpha value is -3.14. The molecule has 0 aliphatic carbocycles. The number of piperidine rings is 1. The Bertz CT molecular complexity index is 1370. The number of benzene rings is 1. The molecule has 7 nitrogen and oxygen atoms in total. The molecule has 4 aromatic rings. The van der Waals surface area contributed by atoms with Gasteiger partial charge in [0.15, 0.2) is 5.78 Å². The number of nitrogens with one attached hydrogen (secondary N) is 1. The summed E-state index contributed by atoms with van der Waals surface area (Å²) in [5.74, 6) is -0.377. The summed E-state index contributed by atoms with van der Waals surface area (Å²) in [4.78, 5) is 32.1. The summed E-state index contributed by atoms with van der Waals surface area (Å²) in [5, 5.41) is 11.6. The number of amides is 1. The normalized spacial score (nSPS) is 20.6. The topological polar surface area (TPSA) is 80.1 Å². The van der Waals surface area contributed by atoms with E-state index in [2.05, 4.69) is 23.2 Å². The van der Waals surface area contributed by atoms with Crippen molar-refractivity contribution in [3.05, 3.63) is 93.4 Å². The highest BCUT2D eigenvalue weighted by atomic mass is 35.5. The van der Waals surface area contributed by atoms with Gasteiger partial charge in [0.25, 0.3) is 0 Å². The lowest BCUT2D eigenvalue weighted by molar-refractivity contribution is -0.142. The number of nitrogens with zero attached hydrogens (tertiary/aromatic N) is 4. The minimum Gasteiger partial charge on any atom is -0.325 e. The third-order valence-electron chi connectivity index (χ3n) is 6.03. The van der Waals surface area contributed by atoms with Crippen LogP contribution < -0.4 is 5.32 Å². The molecule has 1 saturated heterocycles. The van der Waals surface area contributed by atoms with Crippen LogP contribution in [0.2, 0.25) is 5.02 Å². The van der Waals surface area contributed by atoms with Gasteiger partial charge in [-0.1, -0.05) is 48.7 Å². The number of rotatable bonds is 5. The molecule has 0 radical (unpaired) electrons. The summed E-state index contributed by atoms with van der Waals surface area (Å²) < 4.78 is 3.04. The van der Waals surface area contributed by atoms with Crippen LogP contribution in [0.5, 0.6) is 0 Å². The maximum absolute atomic E-state index is 13.7. The Morgan fingerprint density at radius 1 is 1.15 bits per heavy atom. The zero-order valence-electron chi connectivity index (χ0n) is 18.1. The van der Waals surface area contributed by atoms with Gasteiger partial charge in [-0.3, -0.25) is 18.6 Å². The molecule has 2 unspecified atom stereocenters. The van der Waals surface area contributed by atoms with Gasteiger partial charge in [0, 0.05) is 24.6 Å². The fourth-order valence-corrected chi connectivity index (χ4v) is 5.70. The molecule has 1 fully saturated rings. The Kier molecular flexibility index (Phi) is 5.93. The van der Waals surface area contributed by atoms with Crippen LogP contribution in [0, 0.1) is 0 Å². The largest absolute Gasteiger partial charge is 0.325 e. The summed E-state index contributed by atoms with van der Waals surface area (Å²) >= 11 is 12.5. The van der Waals surface area contributed by atoms with Crippen molar-refractivity contribution >= 4 is 59.1 Å². The number of thiophene rings is 1. The average molecular weight is 510 g/mol. The number of thiol groups is 1. The van der Waals surface area contributed by atoms with Gasteiger partial charge in [0.1, 0.15) is 23.1 Å². The van der Waals surface area contributed by atoms with E-state index in [0.717, 1.165) is 11.4 Å². The van der Waals surface area contributed by atoms with Gasteiger partial charge in [-0.15, -0.1) is 0 Å². The molecule has 1 N–H and O–H groups in total. The molecule has 0 spiro atoms. The molecular weight excluding hydrogens is 490 g/mol. The fraction of sp³-hybridized carbons (Fsp3) is 0.167. The fourth-order valence-electron chi connectivity index (χ4n) is 4.33. The van der Waals surface area contributed by atoms with Crippen molar-refractivity contribution in [3.8, 4) is 0 Å². The van der Waals surface area contributed by atoms with Crippen molar-refractivity contribution in [3.63, 3.8) is 0 Å². The minimum absolute atomic E-state index is 0.0109. The number of ketones is 1. The second kappa shape index (κ2) is 8.90. The van der Waals surface area contributed by atoms with E-state index in [0.29, 0.717) is 22.1 Å². The van der Waals surface area contributed by atoms with Gasteiger partial charge >= 0.3 is 0 Å². The summed E-state index contributed by atoms with van der Waals surface area (Å²) in [5.41, 5.74) is 0.625. The molecule has 0 bridgehead atoms. The van der Waals surface area contributed by atoms with Crippen molar-refractivity contribution in [2.24, 2.45) is 7.05 Å². The molecule has 0 saturated carbocycles. The van der Waals surface area contributed by atoms with E-state index >= 15 is 0 Å². The average Bonchev–Trinajstić information content (AvgIpc) is 3.51. The number of carbonyl (C=O) groups excluding carboxylic acids is 2. The first kappa shape index (κ1) is 22.6. The van der Waals surface area contributed by atoms with Gasteiger partial charge in [0.05, 0.1) is 11.9 Å². The standard InChI is InChI=1S/C24H20ClN5O2S2/c1-29-21(9-11-26-29)28-20-8-4-7-19(27-20)24(15-10-12-34-14-15)13-18(31)22(23(32)30(24)33)16-5-2-3-6-17(16)25/h2-12,14,22,33H,13H2,1H3,(H,27,28). The molecule has 1 aliphatic rings. The second-order valence-corrected chi connectivity index (χ2v) is 9.58. The molecule has 5 rings (SSSR count). The summed E-state index contributed by atoms with van der Waals surface area (Å²) in [6.45, 7) is 0. The van der Waals surface area contributed by atoms with E-state index in [-0.39, 0.29) is 12.2 Å². The third-order valence-corrected chi connectivity index (χ3v) is 7.60. The van der Waals surface area contributed by atoms with E-state index in [1.54, 1.807) is 35.1 Å². The molecule has 10 heteroatoms. The van der Waals surface area contributed by atoms with Gasteiger partial charge < -0.3 is 5.32 Å². The Morgan fingerprint density at radius 2 is 1.97 bits per heavy atom. The first-order chi connectivity index (χ1) is 16.4. The Balaban J connectivity index is 1.60. The number of hydrogen-bond donors (Lipinski definition) is 2. The predicted molar refractivity (Wildman–Crippen MR) is 135 cm³/mol.